The van der Waals surface area contributed by atoms with E-state index >= 15 is 0 Å². The number of carbonyl (C=O) groups excluding carboxylic acids is 1. The van der Waals surface area contributed by atoms with Crippen molar-refractivity contribution in [3.05, 3.63) is 41.5 Å². The number of nitrogens with zero attached hydrogens (tertiary/aromatic N) is 3. The topological polar surface area (TPSA) is 61.9 Å². The van der Waals surface area contributed by atoms with Gasteiger partial charge in [0.1, 0.15) is 5.82 Å². The van der Waals surface area contributed by atoms with Crippen molar-refractivity contribution in [3.63, 3.8) is 0 Å². The molecule has 0 saturated heterocycles. The second kappa shape index (κ2) is 5.68. The van der Waals surface area contributed by atoms with Crippen molar-refractivity contribution in [2.75, 3.05) is 11.9 Å². The molecule has 0 bridgehead atoms. The van der Waals surface area contributed by atoms with Gasteiger partial charge in [0.05, 0.1) is 0 Å². The lowest BCUT2D eigenvalue weighted by Gasteiger charge is -2.16. The van der Waals surface area contributed by atoms with E-state index in [0.717, 1.165) is 12.1 Å². The van der Waals surface area contributed by atoms with Gasteiger partial charge in [-0.2, -0.15) is 0 Å². The van der Waals surface area contributed by atoms with Crippen LogP contribution in [0.5, 0.6) is 0 Å². The Labute approximate surface area is 125 Å². The molecule has 0 unspecified atom stereocenters. The van der Waals surface area contributed by atoms with Crippen LogP contribution in [-0.2, 0) is 11.8 Å². The molecule has 0 aliphatic heterocycles. The number of nitrogens with one attached hydrogen (secondary N) is 1. The number of aromatic amines is 1. The predicted octanol–water partition coefficient (Wildman–Crippen LogP) is 2.94. The summed E-state index contributed by atoms with van der Waals surface area (Å²) in [6.45, 7) is 8.17. The smallest absolute Gasteiger partial charge is 0.297 e. The van der Waals surface area contributed by atoms with Crippen LogP contribution >= 0.6 is 0 Å². The first-order valence-electron chi connectivity index (χ1n) is 7.13. The molecule has 1 heterocycles. The van der Waals surface area contributed by atoms with Crippen LogP contribution in [0.1, 0.15) is 49.7 Å². The second-order valence-corrected chi connectivity index (χ2v) is 6.14. The Hall–Kier alpha value is -2.17. The SMILES string of the molecule is CCc1ccc(N(C)C(=O)c2n[nH]c(C(C)(C)C)n2)cc1. The molecule has 2 aromatic rings. The normalized spacial score (nSPS) is 11.5. The van der Waals surface area contributed by atoms with Crippen LogP contribution in [0.4, 0.5) is 5.69 Å². The standard InChI is InChI=1S/C16H22N4O/c1-6-11-7-9-12(10-8-11)20(5)14(21)13-17-15(19-18-13)16(2,3)4/h7-10H,6H2,1-5H3,(H,17,18,19). The van der Waals surface area contributed by atoms with E-state index in [0.29, 0.717) is 5.82 Å². The fourth-order valence-electron chi connectivity index (χ4n) is 1.92. The quantitative estimate of drug-likeness (QED) is 0.943. The Morgan fingerprint density at radius 1 is 1.24 bits per heavy atom. The van der Waals surface area contributed by atoms with E-state index in [1.54, 1.807) is 11.9 Å². The van der Waals surface area contributed by atoms with Gasteiger partial charge in [0.15, 0.2) is 0 Å². The van der Waals surface area contributed by atoms with Crippen molar-refractivity contribution in [1.82, 2.24) is 15.2 Å². The number of hydrogen-bond donors (Lipinski definition) is 1. The van der Waals surface area contributed by atoms with Gasteiger partial charge in [-0.05, 0) is 24.1 Å². The van der Waals surface area contributed by atoms with Gasteiger partial charge in [-0.3, -0.25) is 9.89 Å². The highest BCUT2D eigenvalue weighted by Gasteiger charge is 2.23. The van der Waals surface area contributed by atoms with Gasteiger partial charge >= 0.3 is 0 Å². The van der Waals surface area contributed by atoms with E-state index in [1.165, 1.54) is 5.56 Å². The summed E-state index contributed by atoms with van der Waals surface area (Å²) in [5, 5.41) is 6.88. The van der Waals surface area contributed by atoms with Crippen molar-refractivity contribution in [2.24, 2.45) is 0 Å². The summed E-state index contributed by atoms with van der Waals surface area (Å²) in [6, 6.07) is 7.93. The molecule has 1 N–H and O–H groups in total. The first-order valence-corrected chi connectivity index (χ1v) is 7.13. The Morgan fingerprint density at radius 3 is 2.33 bits per heavy atom. The van der Waals surface area contributed by atoms with Crippen LogP contribution < -0.4 is 4.90 Å². The molecule has 0 spiro atoms. The Bertz CT molecular complexity index is 622. The van der Waals surface area contributed by atoms with Gasteiger partial charge in [-0.1, -0.05) is 39.8 Å². The monoisotopic (exact) mass is 286 g/mol. The molecule has 1 amide bonds. The lowest BCUT2D eigenvalue weighted by Crippen LogP contribution is -2.27. The highest BCUT2D eigenvalue weighted by molar-refractivity contribution is 6.03. The summed E-state index contributed by atoms with van der Waals surface area (Å²) in [4.78, 5) is 18.3. The van der Waals surface area contributed by atoms with Gasteiger partial charge in [-0.25, -0.2) is 4.98 Å². The predicted molar refractivity (Wildman–Crippen MR) is 83.6 cm³/mol. The minimum Gasteiger partial charge on any atom is -0.309 e. The number of benzene rings is 1. The van der Waals surface area contributed by atoms with Crippen molar-refractivity contribution >= 4 is 11.6 Å². The minimum absolute atomic E-state index is 0.160. The first-order chi connectivity index (χ1) is 9.82. The molecule has 0 aliphatic rings. The lowest BCUT2D eigenvalue weighted by atomic mass is 9.96. The van der Waals surface area contributed by atoms with Gasteiger partial charge in [0.25, 0.3) is 5.91 Å². The van der Waals surface area contributed by atoms with Crippen LogP contribution in [0.3, 0.4) is 0 Å². The zero-order valence-corrected chi connectivity index (χ0v) is 13.3. The number of H-pyrrole nitrogens is 1. The first kappa shape index (κ1) is 15.2. The van der Waals surface area contributed by atoms with E-state index in [9.17, 15) is 4.79 Å². The number of anilines is 1. The number of hydrogen-bond acceptors (Lipinski definition) is 3. The molecule has 112 valence electrons. The van der Waals surface area contributed by atoms with Crippen molar-refractivity contribution in [2.45, 2.75) is 39.5 Å². The molecule has 0 fully saturated rings. The van der Waals surface area contributed by atoms with E-state index in [2.05, 4.69) is 22.1 Å². The van der Waals surface area contributed by atoms with Crippen LogP contribution in [0.15, 0.2) is 24.3 Å². The zero-order valence-electron chi connectivity index (χ0n) is 13.3. The van der Waals surface area contributed by atoms with E-state index in [-0.39, 0.29) is 17.1 Å². The third kappa shape index (κ3) is 3.29. The number of amides is 1. The van der Waals surface area contributed by atoms with E-state index < -0.39 is 0 Å². The number of rotatable bonds is 3. The molecule has 1 aromatic heterocycles. The van der Waals surface area contributed by atoms with Crippen LogP contribution in [0.2, 0.25) is 0 Å². The molecule has 2 rings (SSSR count). The van der Waals surface area contributed by atoms with Gasteiger partial charge in [0, 0.05) is 18.2 Å². The molecule has 0 radical (unpaired) electrons. The van der Waals surface area contributed by atoms with Gasteiger partial charge < -0.3 is 4.90 Å². The minimum atomic E-state index is -0.217. The van der Waals surface area contributed by atoms with Crippen LogP contribution in [-0.4, -0.2) is 28.1 Å². The fraction of sp³-hybridized carbons (Fsp3) is 0.438. The second-order valence-electron chi connectivity index (χ2n) is 6.14. The van der Waals surface area contributed by atoms with Gasteiger partial charge in [0.2, 0.25) is 5.82 Å². The zero-order chi connectivity index (χ0) is 15.6. The van der Waals surface area contributed by atoms with E-state index in [1.807, 2.05) is 45.0 Å². The largest absolute Gasteiger partial charge is 0.309 e. The number of aromatic nitrogens is 3. The Kier molecular flexibility index (Phi) is 4.11. The Balaban J connectivity index is 2.20. The Morgan fingerprint density at radius 2 is 1.86 bits per heavy atom. The molecule has 0 aliphatic carbocycles. The van der Waals surface area contributed by atoms with Gasteiger partial charge in [-0.15, -0.1) is 5.10 Å². The maximum Gasteiger partial charge on any atom is 0.297 e. The summed E-state index contributed by atoms with van der Waals surface area (Å²) in [7, 11) is 1.73. The van der Waals surface area contributed by atoms with Crippen LogP contribution in [0, 0.1) is 0 Å². The fourth-order valence-corrected chi connectivity index (χ4v) is 1.92. The molecule has 1 aromatic carbocycles. The molecule has 5 heteroatoms. The summed E-state index contributed by atoms with van der Waals surface area (Å²) in [5.74, 6) is 0.688. The molecule has 5 nitrogen and oxygen atoms in total. The number of carbonyl (C=O) groups is 1. The average molecular weight is 286 g/mol. The van der Waals surface area contributed by atoms with Crippen molar-refractivity contribution < 1.29 is 4.79 Å². The third-order valence-corrected chi connectivity index (χ3v) is 3.42. The average Bonchev–Trinajstić information content (AvgIpc) is 2.95. The molecule has 0 saturated carbocycles. The summed E-state index contributed by atoms with van der Waals surface area (Å²) in [6.07, 6.45) is 0.980. The maximum atomic E-state index is 12.4. The molecule has 0 atom stereocenters. The summed E-state index contributed by atoms with van der Waals surface area (Å²) in [5.41, 5.74) is 1.92. The van der Waals surface area contributed by atoms with Crippen molar-refractivity contribution in [1.29, 1.82) is 0 Å². The van der Waals surface area contributed by atoms with Crippen molar-refractivity contribution in [3.8, 4) is 0 Å². The highest BCUT2D eigenvalue weighted by atomic mass is 16.2. The maximum absolute atomic E-state index is 12.4. The summed E-state index contributed by atoms with van der Waals surface area (Å²) >= 11 is 0. The molecule has 21 heavy (non-hydrogen) atoms. The molecular weight excluding hydrogens is 264 g/mol. The van der Waals surface area contributed by atoms with E-state index in [4.69, 9.17) is 0 Å². The third-order valence-electron chi connectivity index (χ3n) is 3.42. The van der Waals surface area contributed by atoms with Crippen LogP contribution in [0.25, 0.3) is 0 Å². The summed E-state index contributed by atoms with van der Waals surface area (Å²) < 4.78 is 0. The number of aryl methyl sites for hydroxylation is 1. The molecular formula is C16H22N4O. The highest BCUT2D eigenvalue weighted by Crippen LogP contribution is 2.19. The lowest BCUT2D eigenvalue weighted by molar-refractivity contribution is 0.0983.